The van der Waals surface area contributed by atoms with Crippen molar-refractivity contribution < 1.29 is 4.79 Å². The van der Waals surface area contributed by atoms with E-state index in [4.69, 9.17) is 0 Å². The third-order valence-electron chi connectivity index (χ3n) is 4.05. The molecule has 92 valence electrons. The van der Waals surface area contributed by atoms with Gasteiger partial charge in [-0.15, -0.1) is 0 Å². The Morgan fingerprint density at radius 1 is 1.24 bits per heavy atom. The molecule has 2 rings (SSSR count). The van der Waals surface area contributed by atoms with E-state index in [2.05, 4.69) is 36.5 Å². The lowest BCUT2D eigenvalue weighted by atomic mass is 9.70. The van der Waals surface area contributed by atoms with Gasteiger partial charge in [-0.1, -0.05) is 31.2 Å². The SMILES string of the molecule is CCc1ccc(C2(C(C)=O)CCNCC2)cc1. The smallest absolute Gasteiger partial charge is 0.140 e. The summed E-state index contributed by atoms with van der Waals surface area (Å²) in [6, 6.07) is 8.60. The summed E-state index contributed by atoms with van der Waals surface area (Å²) in [7, 11) is 0. The summed E-state index contributed by atoms with van der Waals surface area (Å²) in [6.07, 6.45) is 2.90. The molecule has 1 N–H and O–H groups in total. The molecule has 2 nitrogen and oxygen atoms in total. The Labute approximate surface area is 103 Å². The number of carbonyl (C=O) groups is 1. The van der Waals surface area contributed by atoms with Crippen molar-refractivity contribution >= 4 is 5.78 Å². The molecule has 0 amide bonds. The van der Waals surface area contributed by atoms with Crippen LogP contribution in [-0.4, -0.2) is 18.9 Å². The first-order chi connectivity index (χ1) is 8.19. The van der Waals surface area contributed by atoms with E-state index in [9.17, 15) is 4.79 Å². The van der Waals surface area contributed by atoms with E-state index in [0.29, 0.717) is 5.78 Å². The normalized spacial score (nSPS) is 18.9. The molecule has 0 saturated carbocycles. The molecule has 1 aromatic rings. The zero-order valence-electron chi connectivity index (χ0n) is 10.8. The van der Waals surface area contributed by atoms with E-state index in [1.54, 1.807) is 6.92 Å². The topological polar surface area (TPSA) is 29.1 Å². The second-order valence-corrected chi connectivity index (χ2v) is 4.94. The van der Waals surface area contributed by atoms with Crippen molar-refractivity contribution in [3.63, 3.8) is 0 Å². The highest BCUT2D eigenvalue weighted by Crippen LogP contribution is 2.34. The number of aryl methyl sites for hydroxylation is 1. The van der Waals surface area contributed by atoms with E-state index >= 15 is 0 Å². The fourth-order valence-electron chi connectivity index (χ4n) is 2.76. The van der Waals surface area contributed by atoms with Crippen molar-refractivity contribution in [3.8, 4) is 0 Å². The van der Waals surface area contributed by atoms with Gasteiger partial charge in [0, 0.05) is 0 Å². The Morgan fingerprint density at radius 3 is 2.29 bits per heavy atom. The Hall–Kier alpha value is -1.15. The van der Waals surface area contributed by atoms with Crippen molar-refractivity contribution in [1.29, 1.82) is 0 Å². The molecule has 0 unspecified atom stereocenters. The molecule has 0 atom stereocenters. The summed E-state index contributed by atoms with van der Waals surface area (Å²) in [5, 5.41) is 3.33. The predicted molar refractivity (Wildman–Crippen MR) is 70.3 cm³/mol. The molecule has 1 aliphatic rings. The Bertz CT molecular complexity index is 388. The fraction of sp³-hybridized carbons (Fsp3) is 0.533. The van der Waals surface area contributed by atoms with Crippen molar-refractivity contribution in [1.82, 2.24) is 5.32 Å². The molecule has 1 aromatic carbocycles. The van der Waals surface area contributed by atoms with Crippen molar-refractivity contribution in [3.05, 3.63) is 35.4 Å². The number of ketones is 1. The Balaban J connectivity index is 2.34. The van der Waals surface area contributed by atoms with Gasteiger partial charge in [0.15, 0.2) is 0 Å². The number of piperidine rings is 1. The van der Waals surface area contributed by atoms with Crippen molar-refractivity contribution in [2.24, 2.45) is 0 Å². The lowest BCUT2D eigenvalue weighted by Crippen LogP contribution is -2.44. The maximum absolute atomic E-state index is 12.0. The van der Waals surface area contributed by atoms with Crippen LogP contribution in [0.2, 0.25) is 0 Å². The molecule has 1 fully saturated rings. The first kappa shape index (κ1) is 12.3. The number of nitrogens with one attached hydrogen (secondary N) is 1. The van der Waals surface area contributed by atoms with Crippen LogP contribution in [-0.2, 0) is 16.6 Å². The number of carbonyl (C=O) groups excluding carboxylic acids is 1. The standard InChI is InChI=1S/C15H21NO/c1-3-13-4-6-14(7-5-13)15(12(2)17)8-10-16-11-9-15/h4-7,16H,3,8-11H2,1-2H3. The highest BCUT2D eigenvalue weighted by molar-refractivity contribution is 5.88. The molecule has 0 radical (unpaired) electrons. The van der Waals surface area contributed by atoms with Gasteiger partial charge in [-0.05, 0) is 50.4 Å². The van der Waals surface area contributed by atoms with Gasteiger partial charge in [-0.25, -0.2) is 0 Å². The van der Waals surface area contributed by atoms with Gasteiger partial charge in [0.25, 0.3) is 0 Å². The number of hydrogen-bond donors (Lipinski definition) is 1. The Kier molecular flexibility index (Phi) is 3.63. The van der Waals surface area contributed by atoms with Crippen LogP contribution in [0.25, 0.3) is 0 Å². The number of rotatable bonds is 3. The van der Waals surface area contributed by atoms with E-state index in [-0.39, 0.29) is 5.41 Å². The quantitative estimate of drug-likeness (QED) is 0.865. The third kappa shape index (κ3) is 2.27. The van der Waals surface area contributed by atoms with Crippen LogP contribution >= 0.6 is 0 Å². The van der Waals surface area contributed by atoms with Crippen LogP contribution in [0.4, 0.5) is 0 Å². The van der Waals surface area contributed by atoms with Gasteiger partial charge in [0.1, 0.15) is 5.78 Å². The fourth-order valence-corrected chi connectivity index (χ4v) is 2.76. The van der Waals surface area contributed by atoms with Crippen molar-refractivity contribution in [2.45, 2.75) is 38.5 Å². The maximum Gasteiger partial charge on any atom is 0.140 e. The summed E-state index contributed by atoms with van der Waals surface area (Å²) in [4.78, 5) is 12.0. The third-order valence-corrected chi connectivity index (χ3v) is 4.05. The molecule has 0 aromatic heterocycles. The molecular formula is C15H21NO. The largest absolute Gasteiger partial charge is 0.317 e. The maximum atomic E-state index is 12.0. The minimum Gasteiger partial charge on any atom is -0.317 e. The molecule has 2 heteroatoms. The van der Waals surface area contributed by atoms with Crippen LogP contribution in [0.5, 0.6) is 0 Å². The summed E-state index contributed by atoms with van der Waals surface area (Å²) in [5.41, 5.74) is 2.29. The van der Waals surface area contributed by atoms with Crippen LogP contribution in [0, 0.1) is 0 Å². The highest BCUT2D eigenvalue weighted by atomic mass is 16.1. The van der Waals surface area contributed by atoms with Gasteiger partial charge in [-0.2, -0.15) is 0 Å². The monoisotopic (exact) mass is 231 g/mol. The summed E-state index contributed by atoms with van der Waals surface area (Å²) in [5.74, 6) is 0.309. The molecule has 0 spiro atoms. The average Bonchev–Trinajstić information content (AvgIpc) is 2.39. The first-order valence-corrected chi connectivity index (χ1v) is 6.50. The van der Waals surface area contributed by atoms with Crippen LogP contribution in [0.3, 0.4) is 0 Å². The molecule has 17 heavy (non-hydrogen) atoms. The molecule has 1 aliphatic heterocycles. The van der Waals surface area contributed by atoms with Crippen LogP contribution in [0.1, 0.15) is 37.8 Å². The average molecular weight is 231 g/mol. The highest BCUT2D eigenvalue weighted by Gasteiger charge is 2.38. The van der Waals surface area contributed by atoms with Gasteiger partial charge < -0.3 is 5.32 Å². The van der Waals surface area contributed by atoms with Gasteiger partial charge in [0.05, 0.1) is 5.41 Å². The van der Waals surface area contributed by atoms with E-state index in [1.165, 1.54) is 11.1 Å². The Morgan fingerprint density at radius 2 is 1.82 bits per heavy atom. The second-order valence-electron chi connectivity index (χ2n) is 4.94. The summed E-state index contributed by atoms with van der Waals surface area (Å²) >= 11 is 0. The van der Waals surface area contributed by atoms with Crippen molar-refractivity contribution in [2.75, 3.05) is 13.1 Å². The van der Waals surface area contributed by atoms with E-state index in [1.807, 2.05) is 0 Å². The lowest BCUT2D eigenvalue weighted by Gasteiger charge is -2.36. The number of Topliss-reactive ketones (excluding diaryl/α,β-unsaturated/α-hetero) is 1. The van der Waals surface area contributed by atoms with Crippen LogP contribution in [0.15, 0.2) is 24.3 Å². The molecule has 0 aliphatic carbocycles. The van der Waals surface area contributed by atoms with E-state index in [0.717, 1.165) is 32.4 Å². The van der Waals surface area contributed by atoms with Gasteiger partial charge in [-0.3, -0.25) is 4.79 Å². The summed E-state index contributed by atoms with van der Waals surface area (Å²) in [6.45, 7) is 5.77. The first-order valence-electron chi connectivity index (χ1n) is 6.50. The minimum absolute atomic E-state index is 0.239. The number of benzene rings is 1. The predicted octanol–water partition coefficient (Wildman–Crippen LogP) is 2.46. The van der Waals surface area contributed by atoms with Crippen LogP contribution < -0.4 is 5.32 Å². The van der Waals surface area contributed by atoms with Gasteiger partial charge >= 0.3 is 0 Å². The van der Waals surface area contributed by atoms with Gasteiger partial charge in [0.2, 0.25) is 0 Å². The molecule has 1 heterocycles. The molecule has 0 bridgehead atoms. The zero-order valence-corrected chi connectivity index (χ0v) is 10.8. The molecular weight excluding hydrogens is 210 g/mol. The minimum atomic E-state index is -0.239. The zero-order chi connectivity index (χ0) is 12.3. The summed E-state index contributed by atoms with van der Waals surface area (Å²) < 4.78 is 0. The molecule has 1 saturated heterocycles. The second kappa shape index (κ2) is 5.01. The number of hydrogen-bond acceptors (Lipinski definition) is 2. The van der Waals surface area contributed by atoms with E-state index < -0.39 is 0 Å². The lowest BCUT2D eigenvalue weighted by molar-refractivity contribution is -0.123.